The van der Waals surface area contributed by atoms with Gasteiger partial charge in [-0.2, -0.15) is 0 Å². The van der Waals surface area contributed by atoms with Crippen molar-refractivity contribution in [1.29, 1.82) is 0 Å². The minimum atomic E-state index is 0.0236. The Hall–Kier alpha value is -3.22. The van der Waals surface area contributed by atoms with Crippen LogP contribution in [0.5, 0.6) is 0 Å². The first kappa shape index (κ1) is 25.4. The third-order valence-electron chi connectivity index (χ3n) is 7.83. The van der Waals surface area contributed by atoms with Gasteiger partial charge in [-0.25, -0.2) is 4.98 Å². The highest BCUT2D eigenvalue weighted by Gasteiger charge is 2.22. The van der Waals surface area contributed by atoms with Crippen molar-refractivity contribution in [3.05, 3.63) is 83.0 Å². The molecular weight excluding hydrogens is 458 g/mol. The fourth-order valence-electron chi connectivity index (χ4n) is 5.30. The number of piperazine rings is 1. The lowest BCUT2D eigenvalue weighted by Gasteiger charge is -2.33. The molecule has 0 unspecified atom stereocenters. The van der Waals surface area contributed by atoms with Gasteiger partial charge in [-0.15, -0.1) is 0 Å². The molecule has 37 heavy (non-hydrogen) atoms. The van der Waals surface area contributed by atoms with E-state index in [1.807, 2.05) is 18.3 Å². The third-order valence-corrected chi connectivity index (χ3v) is 7.83. The van der Waals surface area contributed by atoms with E-state index >= 15 is 0 Å². The van der Waals surface area contributed by atoms with E-state index in [-0.39, 0.29) is 11.9 Å². The van der Waals surface area contributed by atoms with Crippen molar-refractivity contribution in [3.63, 3.8) is 0 Å². The zero-order chi connectivity index (χ0) is 25.8. The Labute approximate surface area is 221 Å². The molecular formula is C31H39N5O. The number of amides is 1. The summed E-state index contributed by atoms with van der Waals surface area (Å²) >= 11 is 0. The summed E-state index contributed by atoms with van der Waals surface area (Å²) in [7, 11) is 2.17. The van der Waals surface area contributed by atoms with Crippen LogP contribution in [0.4, 0.5) is 5.82 Å². The van der Waals surface area contributed by atoms with Crippen LogP contribution in [0.2, 0.25) is 0 Å². The summed E-state index contributed by atoms with van der Waals surface area (Å²) in [6.45, 7) is 11.3. The van der Waals surface area contributed by atoms with E-state index in [1.165, 1.54) is 16.7 Å². The van der Waals surface area contributed by atoms with Crippen LogP contribution < -0.4 is 10.2 Å². The molecule has 2 aromatic carbocycles. The van der Waals surface area contributed by atoms with Crippen LogP contribution in [0.1, 0.15) is 39.9 Å². The average Bonchev–Trinajstić information content (AvgIpc) is 2.91. The number of benzene rings is 2. The topological polar surface area (TPSA) is 51.7 Å². The molecule has 2 saturated heterocycles. The molecule has 6 nitrogen and oxygen atoms in total. The Morgan fingerprint density at radius 2 is 1.65 bits per heavy atom. The highest BCUT2D eigenvalue weighted by molar-refractivity contribution is 5.96. The Balaban J connectivity index is 1.12. The maximum Gasteiger partial charge on any atom is 0.251 e. The smallest absolute Gasteiger partial charge is 0.251 e. The number of aryl methyl sites for hydroxylation is 2. The van der Waals surface area contributed by atoms with Gasteiger partial charge in [0.1, 0.15) is 5.82 Å². The number of pyridine rings is 1. The number of carbonyl (C=O) groups is 1. The lowest BCUT2D eigenvalue weighted by atomic mass is 9.96. The summed E-state index contributed by atoms with van der Waals surface area (Å²) in [5.74, 6) is 1.11. The second-order valence-electron chi connectivity index (χ2n) is 10.7. The monoisotopic (exact) mass is 497 g/mol. The molecule has 1 aromatic heterocycles. The van der Waals surface area contributed by atoms with Gasteiger partial charge in [-0.05, 0) is 74.2 Å². The Bertz CT molecular complexity index is 1190. The number of nitrogens with zero attached hydrogens (tertiary/aromatic N) is 4. The van der Waals surface area contributed by atoms with E-state index in [0.717, 1.165) is 81.2 Å². The Kier molecular flexibility index (Phi) is 7.87. The normalized spacial score (nSPS) is 17.6. The van der Waals surface area contributed by atoms with Gasteiger partial charge in [-0.3, -0.25) is 9.69 Å². The first-order valence-corrected chi connectivity index (χ1v) is 13.5. The van der Waals surface area contributed by atoms with E-state index in [0.29, 0.717) is 0 Å². The van der Waals surface area contributed by atoms with Crippen LogP contribution in [0.15, 0.2) is 60.8 Å². The molecule has 1 N–H and O–H groups in total. The maximum absolute atomic E-state index is 13.1. The number of likely N-dealkylation sites (N-methyl/N-ethyl adjacent to an activating group) is 1. The molecule has 3 aromatic rings. The molecule has 2 fully saturated rings. The minimum Gasteiger partial charge on any atom is -0.354 e. The standard InChI is InChI=1S/C31H39N5O/c1-23-4-8-26(9-5-23)29-20-27(10-6-24(29)2)31(37)33-28-12-14-35(15-13-28)22-25-7-11-30(32-21-25)36-18-16-34(3)17-19-36/h4-11,20-21,28H,12-19,22H2,1-3H3,(H,33,37). The summed E-state index contributed by atoms with van der Waals surface area (Å²) in [5, 5.41) is 3.29. The fraction of sp³-hybridized carbons (Fsp3) is 0.419. The van der Waals surface area contributed by atoms with Crippen molar-refractivity contribution in [2.24, 2.45) is 0 Å². The molecule has 6 heteroatoms. The fourth-order valence-corrected chi connectivity index (χ4v) is 5.30. The molecule has 194 valence electrons. The van der Waals surface area contributed by atoms with Crippen molar-refractivity contribution < 1.29 is 4.79 Å². The van der Waals surface area contributed by atoms with Crippen LogP contribution in [0.3, 0.4) is 0 Å². The largest absolute Gasteiger partial charge is 0.354 e. The van der Waals surface area contributed by atoms with Crippen LogP contribution in [0.25, 0.3) is 11.1 Å². The predicted octanol–water partition coefficient (Wildman–Crippen LogP) is 4.51. The van der Waals surface area contributed by atoms with E-state index < -0.39 is 0 Å². The summed E-state index contributed by atoms with van der Waals surface area (Å²) in [6.07, 6.45) is 3.97. The molecule has 0 aliphatic carbocycles. The lowest BCUT2D eigenvalue weighted by molar-refractivity contribution is 0.0909. The molecule has 3 heterocycles. The Morgan fingerprint density at radius 1 is 0.919 bits per heavy atom. The summed E-state index contributed by atoms with van der Waals surface area (Å²) in [5.41, 5.74) is 6.67. The number of nitrogens with one attached hydrogen (secondary N) is 1. The van der Waals surface area contributed by atoms with Gasteiger partial charge in [0.25, 0.3) is 5.91 Å². The molecule has 0 saturated carbocycles. The molecule has 0 bridgehead atoms. The number of likely N-dealkylation sites (tertiary alicyclic amines) is 1. The summed E-state index contributed by atoms with van der Waals surface area (Å²) in [6, 6.07) is 19.1. The van der Waals surface area contributed by atoms with E-state index in [2.05, 4.69) is 83.4 Å². The van der Waals surface area contributed by atoms with Gasteiger partial charge in [0, 0.05) is 63.6 Å². The molecule has 5 rings (SSSR count). The van der Waals surface area contributed by atoms with Crippen LogP contribution in [0, 0.1) is 13.8 Å². The summed E-state index contributed by atoms with van der Waals surface area (Å²) < 4.78 is 0. The number of anilines is 1. The van der Waals surface area contributed by atoms with Crippen LogP contribution in [-0.2, 0) is 6.54 Å². The first-order valence-electron chi connectivity index (χ1n) is 13.5. The molecule has 2 aliphatic heterocycles. The third kappa shape index (κ3) is 6.38. The van der Waals surface area contributed by atoms with Gasteiger partial charge < -0.3 is 15.1 Å². The lowest BCUT2D eigenvalue weighted by Crippen LogP contribution is -2.45. The summed E-state index contributed by atoms with van der Waals surface area (Å²) in [4.78, 5) is 25.0. The van der Waals surface area contributed by atoms with E-state index in [9.17, 15) is 4.79 Å². The van der Waals surface area contributed by atoms with Crippen molar-refractivity contribution in [1.82, 2.24) is 20.1 Å². The van der Waals surface area contributed by atoms with Gasteiger partial charge >= 0.3 is 0 Å². The maximum atomic E-state index is 13.1. The SMILES string of the molecule is Cc1ccc(-c2cc(C(=O)NC3CCN(Cc4ccc(N5CCN(C)CC5)nc4)CC3)ccc2C)cc1. The average molecular weight is 498 g/mol. The van der Waals surface area contributed by atoms with Gasteiger partial charge in [-0.1, -0.05) is 42.0 Å². The Morgan fingerprint density at radius 3 is 2.32 bits per heavy atom. The predicted molar refractivity (Wildman–Crippen MR) is 151 cm³/mol. The van der Waals surface area contributed by atoms with Crippen LogP contribution in [-0.4, -0.2) is 73.0 Å². The number of hydrogen-bond donors (Lipinski definition) is 1. The van der Waals surface area contributed by atoms with Gasteiger partial charge in [0.05, 0.1) is 0 Å². The molecule has 1 amide bonds. The van der Waals surface area contributed by atoms with Crippen molar-refractivity contribution >= 4 is 11.7 Å². The zero-order valence-corrected chi connectivity index (χ0v) is 22.4. The molecule has 0 atom stereocenters. The number of piperidine rings is 1. The zero-order valence-electron chi connectivity index (χ0n) is 22.4. The number of aromatic nitrogens is 1. The van der Waals surface area contributed by atoms with Gasteiger partial charge in [0.15, 0.2) is 0 Å². The number of hydrogen-bond acceptors (Lipinski definition) is 5. The molecule has 2 aliphatic rings. The highest BCUT2D eigenvalue weighted by Crippen LogP contribution is 2.25. The first-order chi connectivity index (χ1) is 17.9. The quantitative estimate of drug-likeness (QED) is 0.543. The van der Waals surface area contributed by atoms with Crippen molar-refractivity contribution in [2.75, 3.05) is 51.2 Å². The number of carbonyl (C=O) groups excluding carboxylic acids is 1. The van der Waals surface area contributed by atoms with Gasteiger partial charge in [0.2, 0.25) is 0 Å². The van der Waals surface area contributed by atoms with Crippen molar-refractivity contribution in [2.45, 2.75) is 39.3 Å². The highest BCUT2D eigenvalue weighted by atomic mass is 16.1. The molecule has 0 radical (unpaired) electrons. The van der Waals surface area contributed by atoms with Crippen LogP contribution >= 0.6 is 0 Å². The number of rotatable bonds is 6. The molecule has 0 spiro atoms. The minimum absolute atomic E-state index is 0.0236. The van der Waals surface area contributed by atoms with E-state index in [1.54, 1.807) is 0 Å². The second kappa shape index (κ2) is 11.4. The van der Waals surface area contributed by atoms with Crippen molar-refractivity contribution in [3.8, 4) is 11.1 Å². The van der Waals surface area contributed by atoms with E-state index in [4.69, 9.17) is 4.98 Å². The second-order valence-corrected chi connectivity index (χ2v) is 10.7.